The van der Waals surface area contributed by atoms with Gasteiger partial charge in [-0.3, -0.25) is 19.7 Å². The van der Waals surface area contributed by atoms with Crippen LogP contribution in [0, 0.1) is 0 Å². The van der Waals surface area contributed by atoms with Gasteiger partial charge in [-0.15, -0.1) is 0 Å². The fourth-order valence-electron chi connectivity index (χ4n) is 4.81. The van der Waals surface area contributed by atoms with Crippen molar-refractivity contribution >= 4 is 11.9 Å². The molecule has 0 amide bonds. The van der Waals surface area contributed by atoms with Crippen molar-refractivity contribution in [1.82, 2.24) is 19.7 Å². The maximum Gasteiger partial charge on any atom is 0.0890 e. The van der Waals surface area contributed by atoms with E-state index in [0.29, 0.717) is 0 Å². The molecular weight excluding hydrogens is 348 g/mol. The molecule has 150 valence electrons. The van der Waals surface area contributed by atoms with Gasteiger partial charge in [-0.25, -0.2) is 0 Å². The fourth-order valence-corrected chi connectivity index (χ4v) is 4.81. The molecular formula is C22H32N6. The number of rotatable bonds is 5. The minimum absolute atomic E-state index is 0.907. The molecule has 1 saturated heterocycles. The van der Waals surface area contributed by atoms with E-state index in [-0.39, 0.29) is 0 Å². The van der Waals surface area contributed by atoms with Crippen LogP contribution in [-0.2, 0) is 13.0 Å². The van der Waals surface area contributed by atoms with Crippen LogP contribution in [-0.4, -0.2) is 83.5 Å². The third-order valence-electron chi connectivity index (χ3n) is 6.92. The minimum Gasteiger partial charge on any atom is -0.300 e. The number of aromatic nitrogens is 1. The highest BCUT2D eigenvalue weighted by Gasteiger charge is 2.28. The molecule has 3 aliphatic heterocycles. The van der Waals surface area contributed by atoms with Crippen molar-refractivity contribution in [1.29, 1.82) is 0 Å². The Labute approximate surface area is 168 Å². The number of hydrogen-bond acceptors (Lipinski definition) is 6. The summed E-state index contributed by atoms with van der Waals surface area (Å²) in [6.45, 7) is 9.57. The van der Waals surface area contributed by atoms with Crippen molar-refractivity contribution in [2.75, 3.05) is 45.8 Å². The molecule has 0 radical (unpaired) electrons. The number of hydrogen-bond donors (Lipinski definition) is 0. The first-order chi connectivity index (χ1) is 13.8. The van der Waals surface area contributed by atoms with Crippen LogP contribution in [0.1, 0.15) is 49.1 Å². The van der Waals surface area contributed by atoms with Crippen molar-refractivity contribution in [2.24, 2.45) is 10.2 Å². The normalized spacial score (nSPS) is 24.6. The molecule has 1 saturated carbocycles. The summed E-state index contributed by atoms with van der Waals surface area (Å²) in [7, 11) is 0. The molecule has 0 N–H and O–H groups in total. The molecule has 0 unspecified atom stereocenters. The molecule has 5 rings (SSSR count). The van der Waals surface area contributed by atoms with Crippen LogP contribution in [0.5, 0.6) is 0 Å². The van der Waals surface area contributed by atoms with Gasteiger partial charge in [0.15, 0.2) is 0 Å². The van der Waals surface area contributed by atoms with Crippen molar-refractivity contribution in [3.05, 3.63) is 29.1 Å². The zero-order chi connectivity index (χ0) is 18.8. The van der Waals surface area contributed by atoms with E-state index in [2.05, 4.69) is 37.0 Å². The van der Waals surface area contributed by atoms with E-state index in [1.807, 2.05) is 6.21 Å². The van der Waals surface area contributed by atoms with E-state index in [1.54, 1.807) is 0 Å². The van der Waals surface area contributed by atoms with E-state index in [0.717, 1.165) is 49.8 Å². The lowest BCUT2D eigenvalue weighted by atomic mass is 9.91. The molecule has 1 aromatic heterocycles. The van der Waals surface area contributed by atoms with Crippen LogP contribution < -0.4 is 0 Å². The predicted molar refractivity (Wildman–Crippen MR) is 113 cm³/mol. The zero-order valence-electron chi connectivity index (χ0n) is 16.9. The summed E-state index contributed by atoms with van der Waals surface area (Å²) in [6.07, 6.45) is 9.17. The predicted octanol–water partition coefficient (Wildman–Crippen LogP) is 2.18. The Morgan fingerprint density at radius 1 is 0.929 bits per heavy atom. The van der Waals surface area contributed by atoms with Gasteiger partial charge in [-0.2, -0.15) is 10.2 Å². The maximum atomic E-state index is 4.91. The van der Waals surface area contributed by atoms with Gasteiger partial charge in [-0.1, -0.05) is 12.5 Å². The van der Waals surface area contributed by atoms with Crippen molar-refractivity contribution in [3.8, 4) is 0 Å². The Balaban J connectivity index is 1.11. The second-order valence-electron chi connectivity index (χ2n) is 8.67. The van der Waals surface area contributed by atoms with Gasteiger partial charge in [0.2, 0.25) is 0 Å². The lowest BCUT2D eigenvalue weighted by Crippen LogP contribution is -2.53. The fraction of sp³-hybridized carbons (Fsp3) is 0.682. The highest BCUT2D eigenvalue weighted by molar-refractivity contribution is 6.00. The number of piperazine rings is 1. The molecule has 6 nitrogen and oxygen atoms in total. The average Bonchev–Trinajstić information content (AvgIpc) is 2.72. The summed E-state index contributed by atoms with van der Waals surface area (Å²) < 4.78 is 0. The molecule has 6 heteroatoms. The third-order valence-corrected chi connectivity index (χ3v) is 6.92. The Morgan fingerprint density at radius 2 is 1.79 bits per heavy atom. The summed E-state index contributed by atoms with van der Waals surface area (Å²) in [6, 6.07) is 5.31. The molecule has 1 aromatic rings. The minimum atomic E-state index is 0.907. The first-order valence-corrected chi connectivity index (χ1v) is 11.1. The van der Waals surface area contributed by atoms with Gasteiger partial charge in [0.05, 0.1) is 11.4 Å². The molecule has 0 bridgehead atoms. The molecule has 4 heterocycles. The van der Waals surface area contributed by atoms with Gasteiger partial charge in [0.1, 0.15) is 0 Å². The van der Waals surface area contributed by atoms with E-state index in [4.69, 9.17) is 4.98 Å². The third kappa shape index (κ3) is 4.04. The first-order valence-electron chi connectivity index (χ1n) is 11.1. The number of pyridine rings is 1. The summed E-state index contributed by atoms with van der Waals surface area (Å²) >= 11 is 0. The summed E-state index contributed by atoms with van der Waals surface area (Å²) in [5.41, 5.74) is 4.71. The first kappa shape index (κ1) is 18.4. The highest BCUT2D eigenvalue weighted by Crippen LogP contribution is 2.25. The summed E-state index contributed by atoms with van der Waals surface area (Å²) in [5, 5.41) is 8.33. The second-order valence-corrected chi connectivity index (χ2v) is 8.67. The number of fused-ring (bicyclic) bond motifs is 1. The molecule has 0 atom stereocenters. The maximum absolute atomic E-state index is 4.91. The molecule has 0 aromatic carbocycles. The molecule has 2 fully saturated rings. The van der Waals surface area contributed by atoms with Crippen LogP contribution in [0.15, 0.2) is 22.3 Å². The van der Waals surface area contributed by atoms with Crippen LogP contribution in [0.3, 0.4) is 0 Å². The van der Waals surface area contributed by atoms with Crippen molar-refractivity contribution in [2.45, 2.75) is 51.1 Å². The van der Waals surface area contributed by atoms with Crippen molar-refractivity contribution in [3.63, 3.8) is 0 Å². The Hall–Kier alpha value is -1.63. The molecule has 0 spiro atoms. The Kier molecular flexibility index (Phi) is 5.52. The largest absolute Gasteiger partial charge is 0.300 e. The van der Waals surface area contributed by atoms with Crippen LogP contribution in [0.25, 0.3) is 0 Å². The van der Waals surface area contributed by atoms with E-state index >= 15 is 0 Å². The molecule has 4 aliphatic rings. The van der Waals surface area contributed by atoms with Gasteiger partial charge in [-0.05, 0) is 37.3 Å². The molecule has 28 heavy (non-hydrogen) atoms. The van der Waals surface area contributed by atoms with E-state index < -0.39 is 0 Å². The Bertz CT molecular complexity index is 745. The standard InChI is InChI=1S/C22H32N6/c1-3-19(4-1)28-15-13-26(14-16-28)11-12-27-10-8-20-18(17-27)6-7-21(24-20)22-5-2-9-23-25-22/h6-7,9,19H,1-5,8,10-17H2. The van der Waals surface area contributed by atoms with Gasteiger partial charge in [0, 0.05) is 76.7 Å². The van der Waals surface area contributed by atoms with Crippen LogP contribution >= 0.6 is 0 Å². The smallest absolute Gasteiger partial charge is 0.0890 e. The average molecular weight is 381 g/mol. The highest BCUT2D eigenvalue weighted by atomic mass is 15.3. The van der Waals surface area contributed by atoms with Gasteiger partial charge in [0.25, 0.3) is 0 Å². The van der Waals surface area contributed by atoms with E-state index in [1.165, 1.54) is 69.8 Å². The topological polar surface area (TPSA) is 47.3 Å². The number of nitrogens with zero attached hydrogens (tertiary/aromatic N) is 6. The lowest BCUT2D eigenvalue weighted by molar-refractivity contribution is 0.0564. The van der Waals surface area contributed by atoms with Crippen LogP contribution in [0.2, 0.25) is 0 Å². The van der Waals surface area contributed by atoms with Gasteiger partial charge < -0.3 is 0 Å². The zero-order valence-corrected chi connectivity index (χ0v) is 16.9. The monoisotopic (exact) mass is 380 g/mol. The second kappa shape index (κ2) is 8.39. The molecule has 1 aliphatic carbocycles. The van der Waals surface area contributed by atoms with E-state index in [9.17, 15) is 0 Å². The lowest BCUT2D eigenvalue weighted by Gasteiger charge is -2.43. The van der Waals surface area contributed by atoms with Gasteiger partial charge >= 0.3 is 0 Å². The SMILES string of the molecule is C1=NN=C(c2ccc3c(n2)CCN(CCN2CCN(C4CCC4)CC2)C3)CC1. The quantitative estimate of drug-likeness (QED) is 0.786. The van der Waals surface area contributed by atoms with Crippen molar-refractivity contribution < 1.29 is 0 Å². The summed E-state index contributed by atoms with van der Waals surface area (Å²) in [5.74, 6) is 0. The van der Waals surface area contributed by atoms with Crippen LogP contribution in [0.4, 0.5) is 0 Å². The Morgan fingerprint density at radius 3 is 2.54 bits per heavy atom. The summed E-state index contributed by atoms with van der Waals surface area (Å²) in [4.78, 5) is 12.9.